The van der Waals surface area contributed by atoms with Gasteiger partial charge >= 0.3 is 0 Å². The maximum absolute atomic E-state index is 5.91. The van der Waals surface area contributed by atoms with Crippen LogP contribution in [-0.2, 0) is 5.75 Å². The monoisotopic (exact) mass is 258 g/mol. The first-order chi connectivity index (χ1) is 8.29. The largest absolute Gasteiger partial charge is 0.175 e. The number of benzene rings is 2. The molecular weight excluding hydrogens is 248 g/mol. The first kappa shape index (κ1) is 12.1. The molecule has 2 rings (SSSR count). The highest BCUT2D eigenvalue weighted by Crippen LogP contribution is 2.12. The molecule has 0 saturated carbocycles. The summed E-state index contributed by atoms with van der Waals surface area (Å²) in [6.07, 6.45) is 0. The van der Waals surface area contributed by atoms with Gasteiger partial charge in [-0.1, -0.05) is 47.7 Å². The Morgan fingerprint density at radius 1 is 1.00 bits per heavy atom. The summed E-state index contributed by atoms with van der Waals surface area (Å²) in [5, 5.41) is 0.708. The van der Waals surface area contributed by atoms with Gasteiger partial charge in [-0.15, -0.1) is 0 Å². The molecule has 0 N–H and O–H groups in total. The summed E-state index contributed by atoms with van der Waals surface area (Å²) in [5.41, 5.74) is 3.08. The Kier molecular flexibility index (Phi) is 4.14. The summed E-state index contributed by atoms with van der Waals surface area (Å²) in [5.74, 6) is 6.95. The molecular formula is C15H11ClS. The van der Waals surface area contributed by atoms with Crippen LogP contribution in [0.3, 0.4) is 0 Å². The van der Waals surface area contributed by atoms with Crippen LogP contribution in [0.2, 0.25) is 5.02 Å². The zero-order valence-electron chi connectivity index (χ0n) is 9.15. The van der Waals surface area contributed by atoms with Crippen molar-refractivity contribution in [1.29, 1.82) is 0 Å². The van der Waals surface area contributed by atoms with Gasteiger partial charge in [0.05, 0.1) is 0 Å². The van der Waals surface area contributed by atoms with Gasteiger partial charge in [0.2, 0.25) is 0 Å². The fourth-order valence-corrected chi connectivity index (χ4v) is 1.95. The van der Waals surface area contributed by atoms with Crippen LogP contribution in [0.5, 0.6) is 0 Å². The van der Waals surface area contributed by atoms with Crippen molar-refractivity contribution >= 4 is 24.2 Å². The van der Waals surface area contributed by atoms with Crippen LogP contribution in [0, 0.1) is 11.8 Å². The molecule has 0 aliphatic heterocycles. The SMILES string of the molecule is SCc1ccccc1C#Cc1cccc(Cl)c1. The van der Waals surface area contributed by atoms with Crippen molar-refractivity contribution in [3.63, 3.8) is 0 Å². The summed E-state index contributed by atoms with van der Waals surface area (Å²) in [7, 11) is 0. The van der Waals surface area contributed by atoms with Crippen LogP contribution in [0.25, 0.3) is 0 Å². The van der Waals surface area contributed by atoms with Crippen molar-refractivity contribution < 1.29 is 0 Å². The number of hydrogen-bond acceptors (Lipinski definition) is 1. The van der Waals surface area contributed by atoms with E-state index in [9.17, 15) is 0 Å². The van der Waals surface area contributed by atoms with Crippen LogP contribution in [-0.4, -0.2) is 0 Å². The molecule has 0 unspecified atom stereocenters. The average Bonchev–Trinajstić information content (AvgIpc) is 2.37. The van der Waals surface area contributed by atoms with Crippen LogP contribution in [0.1, 0.15) is 16.7 Å². The van der Waals surface area contributed by atoms with Gasteiger partial charge in [0, 0.05) is 21.9 Å². The maximum Gasteiger partial charge on any atom is 0.0418 e. The highest BCUT2D eigenvalue weighted by molar-refractivity contribution is 7.79. The minimum absolute atomic E-state index is 0.695. The summed E-state index contributed by atoms with van der Waals surface area (Å²) in [6.45, 7) is 0. The van der Waals surface area contributed by atoms with Gasteiger partial charge in [0.1, 0.15) is 0 Å². The fourth-order valence-electron chi connectivity index (χ4n) is 1.49. The van der Waals surface area contributed by atoms with Gasteiger partial charge in [-0.2, -0.15) is 12.6 Å². The highest BCUT2D eigenvalue weighted by Gasteiger charge is 1.95. The second kappa shape index (κ2) is 5.82. The molecule has 0 nitrogen and oxygen atoms in total. The second-order valence-corrected chi connectivity index (χ2v) is 4.33. The van der Waals surface area contributed by atoms with E-state index < -0.39 is 0 Å². The van der Waals surface area contributed by atoms with Crippen molar-refractivity contribution in [1.82, 2.24) is 0 Å². The molecule has 0 amide bonds. The topological polar surface area (TPSA) is 0 Å². The zero-order chi connectivity index (χ0) is 12.1. The lowest BCUT2D eigenvalue weighted by molar-refractivity contribution is 1.40. The van der Waals surface area contributed by atoms with E-state index in [1.807, 2.05) is 48.5 Å². The lowest BCUT2D eigenvalue weighted by Crippen LogP contribution is -1.84. The second-order valence-electron chi connectivity index (χ2n) is 3.58. The minimum Gasteiger partial charge on any atom is -0.175 e. The Morgan fingerprint density at radius 3 is 2.59 bits per heavy atom. The minimum atomic E-state index is 0.695. The van der Waals surface area contributed by atoms with Crippen molar-refractivity contribution in [3.05, 3.63) is 70.2 Å². The summed E-state index contributed by atoms with van der Waals surface area (Å²) in [4.78, 5) is 0. The maximum atomic E-state index is 5.91. The summed E-state index contributed by atoms with van der Waals surface area (Å²) < 4.78 is 0. The Labute approximate surface area is 112 Å². The Hall–Kier alpha value is -1.36. The molecule has 0 fully saturated rings. The molecule has 0 bridgehead atoms. The van der Waals surface area contributed by atoms with Crippen molar-refractivity contribution in [2.24, 2.45) is 0 Å². The number of halogens is 1. The molecule has 0 spiro atoms. The van der Waals surface area contributed by atoms with Gasteiger partial charge in [-0.05, 0) is 29.8 Å². The molecule has 0 aliphatic rings. The molecule has 0 atom stereocenters. The van der Waals surface area contributed by atoms with Gasteiger partial charge in [0.15, 0.2) is 0 Å². The molecule has 2 aromatic rings. The molecule has 0 radical (unpaired) electrons. The van der Waals surface area contributed by atoms with E-state index in [1.54, 1.807) is 0 Å². The third kappa shape index (κ3) is 3.30. The van der Waals surface area contributed by atoms with E-state index in [0.29, 0.717) is 10.8 Å². The van der Waals surface area contributed by atoms with E-state index in [1.165, 1.54) is 0 Å². The van der Waals surface area contributed by atoms with Gasteiger partial charge in [-0.3, -0.25) is 0 Å². The lowest BCUT2D eigenvalue weighted by atomic mass is 10.1. The molecule has 0 saturated heterocycles. The number of thiol groups is 1. The predicted molar refractivity (Wildman–Crippen MR) is 76.6 cm³/mol. The van der Waals surface area contributed by atoms with Crippen molar-refractivity contribution in [2.75, 3.05) is 0 Å². The van der Waals surface area contributed by atoms with E-state index in [4.69, 9.17) is 11.6 Å². The van der Waals surface area contributed by atoms with Gasteiger partial charge in [0.25, 0.3) is 0 Å². The molecule has 2 aromatic carbocycles. The molecule has 84 valence electrons. The zero-order valence-corrected chi connectivity index (χ0v) is 10.8. The highest BCUT2D eigenvalue weighted by atomic mass is 35.5. The van der Waals surface area contributed by atoms with Crippen LogP contribution < -0.4 is 0 Å². The predicted octanol–water partition coefficient (Wildman–Crippen LogP) is 4.17. The quantitative estimate of drug-likeness (QED) is 0.576. The number of hydrogen-bond donors (Lipinski definition) is 1. The first-order valence-electron chi connectivity index (χ1n) is 5.26. The first-order valence-corrected chi connectivity index (χ1v) is 6.27. The van der Waals surface area contributed by atoms with E-state index in [-0.39, 0.29) is 0 Å². The Bertz CT molecular complexity index is 579. The molecule has 0 heterocycles. The molecule has 0 aromatic heterocycles. The van der Waals surface area contributed by atoms with Gasteiger partial charge in [-0.25, -0.2) is 0 Å². The summed E-state index contributed by atoms with van der Waals surface area (Å²) >= 11 is 10.2. The Morgan fingerprint density at radius 2 is 1.82 bits per heavy atom. The van der Waals surface area contributed by atoms with Crippen molar-refractivity contribution in [2.45, 2.75) is 5.75 Å². The Balaban J connectivity index is 2.33. The molecule has 17 heavy (non-hydrogen) atoms. The third-order valence-electron chi connectivity index (χ3n) is 2.35. The average molecular weight is 259 g/mol. The normalized spacial score (nSPS) is 9.53. The van der Waals surface area contributed by atoms with Crippen molar-refractivity contribution in [3.8, 4) is 11.8 Å². The van der Waals surface area contributed by atoms with Crippen LogP contribution in [0.15, 0.2) is 48.5 Å². The third-order valence-corrected chi connectivity index (χ3v) is 2.93. The fraction of sp³-hybridized carbons (Fsp3) is 0.0667. The van der Waals surface area contributed by atoms with E-state index >= 15 is 0 Å². The number of rotatable bonds is 1. The smallest absolute Gasteiger partial charge is 0.0418 e. The van der Waals surface area contributed by atoms with E-state index in [0.717, 1.165) is 16.7 Å². The van der Waals surface area contributed by atoms with Crippen LogP contribution >= 0.6 is 24.2 Å². The standard InChI is InChI=1S/C15H11ClS/c16-15-7-3-4-12(10-15)8-9-13-5-1-2-6-14(13)11-17/h1-7,10,17H,11H2. The molecule has 2 heteroatoms. The van der Waals surface area contributed by atoms with Crippen LogP contribution in [0.4, 0.5) is 0 Å². The van der Waals surface area contributed by atoms with E-state index in [2.05, 4.69) is 24.5 Å². The molecule has 0 aliphatic carbocycles. The summed E-state index contributed by atoms with van der Waals surface area (Å²) in [6, 6.07) is 15.6. The lowest BCUT2D eigenvalue weighted by Gasteiger charge is -1.98. The van der Waals surface area contributed by atoms with Gasteiger partial charge < -0.3 is 0 Å².